The van der Waals surface area contributed by atoms with E-state index < -0.39 is 6.29 Å². The number of fused-ring (bicyclic) bond motifs is 2. The molecule has 0 spiro atoms. The topological polar surface area (TPSA) is 81.2 Å². The normalized spacial score (nSPS) is 17.7. The lowest BCUT2D eigenvalue weighted by atomic mass is 10.0. The number of aromatic nitrogens is 3. The Labute approximate surface area is 199 Å². The van der Waals surface area contributed by atoms with Crippen molar-refractivity contribution in [2.75, 3.05) is 5.32 Å². The summed E-state index contributed by atoms with van der Waals surface area (Å²) in [4.78, 5) is 13.7. The fourth-order valence-corrected chi connectivity index (χ4v) is 3.94. The van der Waals surface area contributed by atoms with Crippen LogP contribution in [0.2, 0.25) is 0 Å². The maximum atomic E-state index is 13.5. The molecule has 0 aliphatic carbocycles. The van der Waals surface area contributed by atoms with E-state index in [1.54, 1.807) is 18.5 Å². The molecular formula is C26H19F2N5O2. The molecule has 1 atom stereocenters. The van der Waals surface area contributed by atoms with E-state index in [2.05, 4.69) is 44.2 Å². The van der Waals surface area contributed by atoms with Gasteiger partial charge in [-0.15, -0.1) is 8.78 Å². The second-order valence-corrected chi connectivity index (χ2v) is 8.24. The van der Waals surface area contributed by atoms with Gasteiger partial charge in [-0.25, -0.2) is 9.97 Å². The number of benzene rings is 2. The van der Waals surface area contributed by atoms with E-state index in [-0.39, 0.29) is 17.5 Å². The van der Waals surface area contributed by atoms with Crippen LogP contribution in [-0.2, 0) is 0 Å². The first-order valence-electron chi connectivity index (χ1n) is 11.0. The van der Waals surface area contributed by atoms with Crippen molar-refractivity contribution >= 4 is 28.0 Å². The molecule has 35 heavy (non-hydrogen) atoms. The van der Waals surface area contributed by atoms with E-state index >= 15 is 0 Å². The Morgan fingerprint density at radius 1 is 1.00 bits per heavy atom. The Kier molecular flexibility index (Phi) is 4.84. The van der Waals surface area contributed by atoms with Crippen molar-refractivity contribution in [3.8, 4) is 22.9 Å². The van der Waals surface area contributed by atoms with Crippen LogP contribution in [0.4, 0.5) is 20.3 Å². The number of ether oxygens (including phenoxy) is 2. The van der Waals surface area contributed by atoms with Gasteiger partial charge in [0.15, 0.2) is 17.3 Å². The van der Waals surface area contributed by atoms with Gasteiger partial charge in [-0.3, -0.25) is 4.98 Å². The Balaban J connectivity index is 1.45. The maximum absolute atomic E-state index is 13.5. The molecule has 0 fully saturated rings. The average molecular weight is 471 g/mol. The second kappa shape index (κ2) is 8.05. The van der Waals surface area contributed by atoms with Gasteiger partial charge in [0.2, 0.25) is 0 Å². The van der Waals surface area contributed by atoms with Crippen LogP contribution in [0.25, 0.3) is 27.9 Å². The summed E-state index contributed by atoms with van der Waals surface area (Å²) >= 11 is 0. The number of pyridine rings is 1. The zero-order chi connectivity index (χ0) is 24.0. The molecule has 2 aromatic carbocycles. The number of halogens is 2. The predicted molar refractivity (Wildman–Crippen MR) is 128 cm³/mol. The largest absolute Gasteiger partial charge is 0.586 e. The number of hydrogen-bond acceptors (Lipinski definition) is 7. The third-order valence-corrected chi connectivity index (χ3v) is 5.68. The molecule has 0 bridgehead atoms. The number of nitrogens with one attached hydrogen (secondary N) is 2. The standard InChI is InChI=1S/C26H19F2N5O2/c1-15-4-5-17(14-30-15)16-6-8-21-20(11-16)25(33-24(32-21)18-3-2-10-29-13-18)31-19-7-9-22-23(12-19)35-26(27,28)34-22/h2-15,30H,1H3,(H,31,32,33). The van der Waals surface area contributed by atoms with Gasteiger partial charge >= 0.3 is 6.29 Å². The zero-order valence-electron chi connectivity index (χ0n) is 18.5. The van der Waals surface area contributed by atoms with Gasteiger partial charge in [0.1, 0.15) is 5.82 Å². The number of rotatable bonds is 4. The summed E-state index contributed by atoms with van der Waals surface area (Å²) in [6, 6.07) is 14.4. The van der Waals surface area contributed by atoms with Gasteiger partial charge in [0.25, 0.3) is 0 Å². The van der Waals surface area contributed by atoms with Crippen molar-refractivity contribution in [1.82, 2.24) is 20.3 Å². The van der Waals surface area contributed by atoms with Gasteiger partial charge in [-0.05, 0) is 54.5 Å². The molecule has 0 saturated heterocycles. The number of dihydropyridines is 1. The van der Waals surface area contributed by atoms with Crippen molar-refractivity contribution in [3.05, 3.63) is 84.8 Å². The number of alkyl halides is 2. The molecule has 7 nitrogen and oxygen atoms in total. The molecule has 4 heterocycles. The molecule has 1 unspecified atom stereocenters. The molecule has 0 saturated carbocycles. The summed E-state index contributed by atoms with van der Waals surface area (Å²) in [5.74, 6) is 0.928. The molecule has 2 N–H and O–H groups in total. The lowest BCUT2D eigenvalue weighted by Gasteiger charge is -2.16. The average Bonchev–Trinajstić information content (AvgIpc) is 3.18. The lowest BCUT2D eigenvalue weighted by Crippen LogP contribution is -2.25. The Morgan fingerprint density at radius 2 is 1.89 bits per heavy atom. The summed E-state index contributed by atoms with van der Waals surface area (Å²) in [6.07, 6.45) is 5.81. The van der Waals surface area contributed by atoms with Crippen LogP contribution in [0.15, 0.2) is 79.3 Å². The van der Waals surface area contributed by atoms with Crippen molar-refractivity contribution in [2.24, 2.45) is 0 Å². The summed E-state index contributed by atoms with van der Waals surface area (Å²) in [5, 5.41) is 7.32. The number of anilines is 2. The van der Waals surface area contributed by atoms with Crippen LogP contribution in [0, 0.1) is 0 Å². The predicted octanol–water partition coefficient (Wildman–Crippen LogP) is 5.65. The molecule has 2 aromatic heterocycles. The van der Waals surface area contributed by atoms with Crippen LogP contribution in [-0.4, -0.2) is 27.3 Å². The molecule has 6 rings (SSSR count). The van der Waals surface area contributed by atoms with Crippen LogP contribution in [0.5, 0.6) is 11.5 Å². The molecule has 0 radical (unpaired) electrons. The molecular weight excluding hydrogens is 452 g/mol. The minimum Gasteiger partial charge on any atom is -0.395 e. The lowest BCUT2D eigenvalue weighted by molar-refractivity contribution is -0.286. The third kappa shape index (κ3) is 4.12. The molecule has 9 heteroatoms. The summed E-state index contributed by atoms with van der Waals surface area (Å²) in [5.41, 5.74) is 4.00. The van der Waals surface area contributed by atoms with Crippen molar-refractivity contribution < 1.29 is 18.3 Å². The van der Waals surface area contributed by atoms with Gasteiger partial charge in [0.05, 0.1) is 5.52 Å². The SMILES string of the molecule is CC1C=CC(c2ccc3nc(-c4cccnc4)nc(Nc4ccc5c(c4)OC(F)(F)O5)c3c2)=CN1. The fraction of sp³-hybridized carbons (Fsp3) is 0.115. The van der Waals surface area contributed by atoms with Crippen LogP contribution in [0.3, 0.4) is 0 Å². The molecule has 2 aliphatic heterocycles. The molecule has 0 amide bonds. The highest BCUT2D eigenvalue weighted by Crippen LogP contribution is 2.43. The number of hydrogen-bond donors (Lipinski definition) is 2. The van der Waals surface area contributed by atoms with Gasteiger partial charge in [-0.1, -0.05) is 18.2 Å². The van der Waals surface area contributed by atoms with Crippen LogP contribution >= 0.6 is 0 Å². The zero-order valence-corrected chi connectivity index (χ0v) is 18.5. The Morgan fingerprint density at radius 3 is 2.69 bits per heavy atom. The quantitative estimate of drug-likeness (QED) is 0.398. The minimum atomic E-state index is -3.68. The van der Waals surface area contributed by atoms with E-state index in [4.69, 9.17) is 9.97 Å². The first kappa shape index (κ1) is 21.0. The monoisotopic (exact) mass is 471 g/mol. The number of nitrogens with zero attached hydrogens (tertiary/aromatic N) is 3. The van der Waals surface area contributed by atoms with Crippen molar-refractivity contribution in [3.63, 3.8) is 0 Å². The smallest absolute Gasteiger partial charge is 0.395 e. The summed E-state index contributed by atoms with van der Waals surface area (Å²) < 4.78 is 36.1. The van der Waals surface area contributed by atoms with Crippen molar-refractivity contribution in [1.29, 1.82) is 0 Å². The Hall–Kier alpha value is -4.53. The van der Waals surface area contributed by atoms with Gasteiger partial charge in [0, 0.05) is 47.3 Å². The molecule has 2 aliphatic rings. The van der Waals surface area contributed by atoms with E-state index in [0.29, 0.717) is 17.3 Å². The van der Waals surface area contributed by atoms with E-state index in [1.165, 1.54) is 12.1 Å². The van der Waals surface area contributed by atoms with Crippen LogP contribution < -0.4 is 20.1 Å². The molecule has 174 valence electrons. The van der Waals surface area contributed by atoms with E-state index in [1.807, 2.05) is 36.5 Å². The van der Waals surface area contributed by atoms with Gasteiger partial charge < -0.3 is 20.1 Å². The van der Waals surface area contributed by atoms with Gasteiger partial charge in [-0.2, -0.15) is 0 Å². The Bertz CT molecular complexity index is 1500. The van der Waals surface area contributed by atoms with Crippen molar-refractivity contribution in [2.45, 2.75) is 19.3 Å². The highest BCUT2D eigenvalue weighted by Gasteiger charge is 2.43. The van der Waals surface area contributed by atoms with E-state index in [0.717, 1.165) is 27.6 Å². The minimum absolute atomic E-state index is 0.0239. The maximum Gasteiger partial charge on any atom is 0.586 e. The highest BCUT2D eigenvalue weighted by molar-refractivity contribution is 5.95. The highest BCUT2D eigenvalue weighted by atomic mass is 19.3. The first-order valence-corrected chi connectivity index (χ1v) is 11.0. The molecule has 4 aromatic rings. The van der Waals surface area contributed by atoms with Crippen LogP contribution in [0.1, 0.15) is 12.5 Å². The number of allylic oxidation sites excluding steroid dienone is 2. The van der Waals surface area contributed by atoms with E-state index in [9.17, 15) is 8.78 Å². The first-order chi connectivity index (χ1) is 16.9. The summed E-state index contributed by atoms with van der Waals surface area (Å²) in [6.45, 7) is 2.07. The summed E-state index contributed by atoms with van der Waals surface area (Å²) in [7, 11) is 0. The second-order valence-electron chi connectivity index (χ2n) is 8.24. The fourth-order valence-electron chi connectivity index (χ4n) is 3.94. The third-order valence-electron chi connectivity index (χ3n) is 5.68.